The van der Waals surface area contributed by atoms with Gasteiger partial charge in [-0.1, -0.05) is 30.3 Å². The van der Waals surface area contributed by atoms with E-state index in [0.717, 1.165) is 17.8 Å². The van der Waals surface area contributed by atoms with Gasteiger partial charge < -0.3 is 4.74 Å². The Morgan fingerprint density at radius 3 is 2.35 bits per heavy atom. The number of esters is 1. The number of carbonyl (C=O) groups excluding carboxylic acids is 1. The summed E-state index contributed by atoms with van der Waals surface area (Å²) in [6.45, 7) is 5.46. The molecule has 2 atom stereocenters. The molecular weight excluding hydrogens is 212 g/mol. The van der Waals surface area contributed by atoms with Gasteiger partial charge in [0.05, 0.1) is 0 Å². The number of carbonyl (C=O) groups is 1. The maximum atomic E-state index is 11.1. The maximum absolute atomic E-state index is 11.1. The van der Waals surface area contributed by atoms with Crippen molar-refractivity contribution in [2.75, 3.05) is 0 Å². The van der Waals surface area contributed by atoms with E-state index in [1.807, 2.05) is 19.9 Å². The molecule has 90 valence electrons. The van der Waals surface area contributed by atoms with Crippen LogP contribution in [0.15, 0.2) is 41.7 Å². The lowest BCUT2D eigenvalue weighted by Gasteiger charge is -2.09. The number of benzene rings is 1. The zero-order chi connectivity index (χ0) is 12.4. The molecule has 0 aromatic heterocycles. The minimum Gasteiger partial charge on any atom is -0.431 e. The lowest BCUT2D eigenvalue weighted by Crippen LogP contribution is -2.03. The summed E-state index contributed by atoms with van der Waals surface area (Å²) in [5.74, 6) is 1.54. The molecule has 0 saturated heterocycles. The first-order chi connectivity index (χ1) is 8.09. The molecule has 0 bridgehead atoms. The largest absolute Gasteiger partial charge is 0.431 e. The van der Waals surface area contributed by atoms with Gasteiger partial charge in [0.25, 0.3) is 0 Å². The van der Waals surface area contributed by atoms with Gasteiger partial charge in [-0.2, -0.15) is 0 Å². The number of ether oxygens (including phenoxy) is 1. The monoisotopic (exact) mass is 230 g/mol. The molecule has 1 aliphatic carbocycles. The highest BCUT2D eigenvalue weighted by atomic mass is 16.5. The summed E-state index contributed by atoms with van der Waals surface area (Å²) in [4.78, 5) is 11.1. The second-order valence-corrected chi connectivity index (χ2v) is 4.82. The van der Waals surface area contributed by atoms with Crippen LogP contribution in [0.2, 0.25) is 0 Å². The van der Waals surface area contributed by atoms with E-state index in [1.165, 1.54) is 12.5 Å². The number of hydrogen-bond acceptors (Lipinski definition) is 2. The van der Waals surface area contributed by atoms with Crippen LogP contribution in [-0.4, -0.2) is 5.97 Å². The quantitative estimate of drug-likeness (QED) is 0.585. The highest BCUT2D eigenvalue weighted by Crippen LogP contribution is 2.52. The van der Waals surface area contributed by atoms with Gasteiger partial charge in [0.15, 0.2) is 0 Å². The Bertz CT molecular complexity index is 441. The topological polar surface area (TPSA) is 26.3 Å². The van der Waals surface area contributed by atoms with Crippen LogP contribution in [-0.2, 0) is 9.53 Å². The maximum Gasteiger partial charge on any atom is 0.307 e. The molecule has 0 amide bonds. The Labute approximate surface area is 102 Å². The van der Waals surface area contributed by atoms with Crippen LogP contribution in [0.1, 0.15) is 38.7 Å². The molecule has 1 saturated carbocycles. The van der Waals surface area contributed by atoms with Crippen LogP contribution in [0.25, 0.3) is 0 Å². The highest BCUT2D eigenvalue weighted by Gasteiger charge is 2.43. The molecule has 0 spiro atoms. The summed E-state index contributed by atoms with van der Waals surface area (Å²) in [7, 11) is 0. The molecule has 2 unspecified atom stereocenters. The number of rotatable bonds is 3. The predicted molar refractivity (Wildman–Crippen MR) is 67.4 cm³/mol. The molecule has 1 aromatic carbocycles. The minimum absolute atomic E-state index is 0.222. The standard InChI is InChI=1S/C15H18O2/c1-10(2)15(17-11(3)16)14-9-13(14)12-7-5-4-6-8-12/h4-8,13-14H,9H2,1-3H3. The van der Waals surface area contributed by atoms with Crippen molar-refractivity contribution in [3.63, 3.8) is 0 Å². The van der Waals surface area contributed by atoms with Gasteiger partial charge in [0.1, 0.15) is 5.76 Å². The molecule has 2 rings (SSSR count). The van der Waals surface area contributed by atoms with E-state index in [9.17, 15) is 4.79 Å². The lowest BCUT2D eigenvalue weighted by atomic mass is 10.1. The van der Waals surface area contributed by atoms with E-state index in [0.29, 0.717) is 11.8 Å². The van der Waals surface area contributed by atoms with Crippen LogP contribution in [0.3, 0.4) is 0 Å². The second kappa shape index (κ2) is 4.74. The van der Waals surface area contributed by atoms with Gasteiger partial charge in [-0.25, -0.2) is 0 Å². The van der Waals surface area contributed by atoms with Crippen LogP contribution in [0, 0.1) is 5.92 Å². The summed E-state index contributed by atoms with van der Waals surface area (Å²) in [6, 6.07) is 10.4. The van der Waals surface area contributed by atoms with E-state index in [-0.39, 0.29) is 5.97 Å². The molecule has 0 heterocycles. The Morgan fingerprint density at radius 1 is 1.18 bits per heavy atom. The van der Waals surface area contributed by atoms with Crippen LogP contribution in [0.5, 0.6) is 0 Å². The number of hydrogen-bond donors (Lipinski definition) is 0. The van der Waals surface area contributed by atoms with Crippen molar-refractivity contribution in [2.45, 2.75) is 33.1 Å². The zero-order valence-electron chi connectivity index (χ0n) is 10.6. The third kappa shape index (κ3) is 2.76. The highest BCUT2D eigenvalue weighted by molar-refractivity contribution is 5.67. The molecule has 1 aromatic rings. The summed E-state index contributed by atoms with van der Waals surface area (Å²) in [5.41, 5.74) is 2.44. The van der Waals surface area contributed by atoms with Crippen molar-refractivity contribution in [2.24, 2.45) is 5.92 Å². The lowest BCUT2D eigenvalue weighted by molar-refractivity contribution is -0.137. The summed E-state index contributed by atoms with van der Waals surface area (Å²) in [5, 5.41) is 0. The van der Waals surface area contributed by atoms with Gasteiger partial charge in [0, 0.05) is 12.8 Å². The van der Waals surface area contributed by atoms with Crippen molar-refractivity contribution >= 4 is 5.97 Å². The fraction of sp³-hybridized carbons (Fsp3) is 0.400. The van der Waals surface area contributed by atoms with E-state index in [2.05, 4.69) is 24.3 Å². The van der Waals surface area contributed by atoms with Gasteiger partial charge in [-0.15, -0.1) is 0 Å². The van der Waals surface area contributed by atoms with Gasteiger partial charge in [-0.3, -0.25) is 4.79 Å². The Morgan fingerprint density at radius 2 is 1.82 bits per heavy atom. The summed E-state index contributed by atoms with van der Waals surface area (Å²) in [6.07, 6.45) is 1.08. The number of allylic oxidation sites excluding steroid dienone is 2. The van der Waals surface area contributed by atoms with E-state index < -0.39 is 0 Å². The van der Waals surface area contributed by atoms with Gasteiger partial charge >= 0.3 is 5.97 Å². The molecular formula is C15H18O2. The molecule has 17 heavy (non-hydrogen) atoms. The van der Waals surface area contributed by atoms with Crippen molar-refractivity contribution < 1.29 is 9.53 Å². The average molecular weight is 230 g/mol. The van der Waals surface area contributed by atoms with Crippen LogP contribution >= 0.6 is 0 Å². The van der Waals surface area contributed by atoms with E-state index in [1.54, 1.807) is 0 Å². The fourth-order valence-electron chi connectivity index (χ4n) is 2.26. The van der Waals surface area contributed by atoms with Crippen LogP contribution < -0.4 is 0 Å². The predicted octanol–water partition coefficient (Wildman–Crippen LogP) is 3.65. The fourth-order valence-corrected chi connectivity index (χ4v) is 2.26. The molecule has 0 aliphatic heterocycles. The Kier molecular flexibility index (Phi) is 3.32. The molecule has 2 nitrogen and oxygen atoms in total. The molecule has 1 aliphatic rings. The van der Waals surface area contributed by atoms with Crippen molar-refractivity contribution in [3.05, 3.63) is 47.2 Å². The second-order valence-electron chi connectivity index (χ2n) is 4.82. The Balaban J connectivity index is 2.11. The first-order valence-electron chi connectivity index (χ1n) is 6.00. The third-order valence-electron chi connectivity index (χ3n) is 3.10. The van der Waals surface area contributed by atoms with Crippen molar-refractivity contribution in [3.8, 4) is 0 Å². The van der Waals surface area contributed by atoms with Crippen molar-refractivity contribution in [1.82, 2.24) is 0 Å². The summed E-state index contributed by atoms with van der Waals surface area (Å²) >= 11 is 0. The van der Waals surface area contributed by atoms with Crippen molar-refractivity contribution in [1.29, 1.82) is 0 Å². The van der Waals surface area contributed by atoms with Crippen LogP contribution in [0.4, 0.5) is 0 Å². The summed E-state index contributed by atoms with van der Waals surface area (Å²) < 4.78 is 5.33. The first-order valence-corrected chi connectivity index (χ1v) is 6.00. The minimum atomic E-state index is -0.222. The smallest absolute Gasteiger partial charge is 0.307 e. The molecule has 0 radical (unpaired) electrons. The van der Waals surface area contributed by atoms with Gasteiger partial charge in [-0.05, 0) is 37.3 Å². The normalized spacial score (nSPS) is 21.8. The zero-order valence-corrected chi connectivity index (χ0v) is 10.6. The third-order valence-corrected chi connectivity index (χ3v) is 3.10. The van der Waals surface area contributed by atoms with E-state index >= 15 is 0 Å². The van der Waals surface area contributed by atoms with Gasteiger partial charge in [0.2, 0.25) is 0 Å². The molecule has 0 N–H and O–H groups in total. The SMILES string of the molecule is CC(=O)OC(=C(C)C)C1CC1c1ccccc1. The van der Waals surface area contributed by atoms with E-state index in [4.69, 9.17) is 4.74 Å². The molecule has 2 heteroatoms. The Hall–Kier alpha value is -1.57. The average Bonchev–Trinajstić information content (AvgIpc) is 3.06. The molecule has 1 fully saturated rings. The first kappa shape index (κ1) is 11.9.